The van der Waals surface area contributed by atoms with Gasteiger partial charge in [0.25, 0.3) is 5.56 Å². The predicted molar refractivity (Wildman–Crippen MR) is 123 cm³/mol. The number of anilines is 1. The van der Waals surface area contributed by atoms with Gasteiger partial charge in [-0.1, -0.05) is 44.2 Å². The zero-order valence-corrected chi connectivity index (χ0v) is 18.9. The van der Waals surface area contributed by atoms with Gasteiger partial charge in [0.2, 0.25) is 5.78 Å². The summed E-state index contributed by atoms with van der Waals surface area (Å²) in [5.41, 5.74) is 5.12. The third-order valence-electron chi connectivity index (χ3n) is 5.07. The smallest absolute Gasteiger partial charge is 0.332 e. The van der Waals surface area contributed by atoms with Crippen LogP contribution in [0.4, 0.5) is 5.82 Å². The molecule has 1 aromatic carbocycles. The summed E-state index contributed by atoms with van der Waals surface area (Å²) in [6, 6.07) is 13.2. The van der Waals surface area contributed by atoms with Gasteiger partial charge < -0.3 is 14.9 Å². The fourth-order valence-electron chi connectivity index (χ4n) is 3.37. The van der Waals surface area contributed by atoms with E-state index in [1.807, 2.05) is 50.2 Å². The Morgan fingerprint density at radius 3 is 2.45 bits per heavy atom. The Morgan fingerprint density at radius 1 is 1.09 bits per heavy atom. The summed E-state index contributed by atoms with van der Waals surface area (Å²) in [4.78, 5) is 49.6. The number of rotatable bonds is 9. The summed E-state index contributed by atoms with van der Waals surface area (Å²) in [5, 5.41) is 0. The van der Waals surface area contributed by atoms with Crippen molar-refractivity contribution in [3.8, 4) is 11.3 Å². The number of Topliss-reactive ketones (excluding diaryl/α,β-unsaturated/α-hetero) is 1. The second-order valence-electron chi connectivity index (χ2n) is 8.13. The van der Waals surface area contributed by atoms with Gasteiger partial charge in [-0.15, -0.1) is 0 Å². The van der Waals surface area contributed by atoms with E-state index in [0.29, 0.717) is 17.9 Å². The maximum Gasteiger partial charge on any atom is 0.332 e. The van der Waals surface area contributed by atoms with Crippen molar-refractivity contribution >= 4 is 17.6 Å². The summed E-state index contributed by atoms with van der Waals surface area (Å²) in [6.45, 7) is 3.35. The lowest BCUT2D eigenvalue weighted by Crippen LogP contribution is -2.43. The van der Waals surface area contributed by atoms with Gasteiger partial charge in [-0.05, 0) is 18.1 Å². The van der Waals surface area contributed by atoms with Crippen molar-refractivity contribution in [2.75, 3.05) is 12.3 Å². The molecule has 0 aliphatic heterocycles. The van der Waals surface area contributed by atoms with Crippen LogP contribution in [0.25, 0.3) is 11.3 Å². The molecule has 0 amide bonds. The molecule has 0 unspecified atom stereocenters. The van der Waals surface area contributed by atoms with E-state index in [-0.39, 0.29) is 30.3 Å². The van der Waals surface area contributed by atoms with Crippen LogP contribution in [-0.4, -0.2) is 27.5 Å². The second kappa shape index (κ2) is 10.2. The molecule has 0 fully saturated rings. The SMILES string of the molecule is CC(C)Cn1c(N)c(C(=O)COC(=O)CCc2ccc(-c3ccccc3)o2)c(=O)n(C)c1=O. The standard InChI is InChI=1S/C24H27N3O6/c1-15(2)13-27-22(25)21(23(30)26(3)24(27)31)18(28)14-32-20(29)12-10-17-9-11-19(33-17)16-7-5-4-6-8-16/h4-9,11,15H,10,12-14,25H2,1-3H3. The number of ether oxygens (including phenoxy) is 1. The van der Waals surface area contributed by atoms with Gasteiger partial charge in [0.05, 0.1) is 6.42 Å². The van der Waals surface area contributed by atoms with Crippen LogP contribution in [0.5, 0.6) is 0 Å². The van der Waals surface area contributed by atoms with Gasteiger partial charge in [-0.25, -0.2) is 4.79 Å². The number of hydrogen-bond donors (Lipinski definition) is 1. The summed E-state index contributed by atoms with van der Waals surface area (Å²) in [6.07, 6.45) is 0.290. The number of aryl methyl sites for hydroxylation is 1. The Balaban J connectivity index is 1.63. The highest BCUT2D eigenvalue weighted by molar-refractivity contribution is 6.01. The van der Waals surface area contributed by atoms with Crippen LogP contribution >= 0.6 is 0 Å². The number of carbonyl (C=O) groups is 2. The van der Waals surface area contributed by atoms with E-state index < -0.39 is 29.6 Å². The first-order valence-electron chi connectivity index (χ1n) is 10.6. The lowest BCUT2D eigenvalue weighted by Gasteiger charge is -2.16. The number of esters is 1. The predicted octanol–water partition coefficient (Wildman–Crippen LogP) is 2.40. The van der Waals surface area contributed by atoms with E-state index in [2.05, 4.69) is 0 Å². The monoisotopic (exact) mass is 453 g/mol. The van der Waals surface area contributed by atoms with Crippen molar-refractivity contribution < 1.29 is 18.7 Å². The van der Waals surface area contributed by atoms with Gasteiger partial charge in [0.15, 0.2) is 6.61 Å². The molecule has 0 aliphatic carbocycles. The van der Waals surface area contributed by atoms with Crippen LogP contribution in [0.3, 0.4) is 0 Å². The van der Waals surface area contributed by atoms with Crippen molar-refractivity contribution in [3.05, 3.63) is 74.6 Å². The van der Waals surface area contributed by atoms with Gasteiger partial charge in [-0.3, -0.25) is 23.5 Å². The summed E-state index contributed by atoms with van der Waals surface area (Å²) < 4.78 is 12.8. The number of aromatic nitrogens is 2. The number of carbonyl (C=O) groups excluding carboxylic acids is 2. The Labute approximate surface area is 190 Å². The minimum absolute atomic E-state index is 0.00460. The summed E-state index contributed by atoms with van der Waals surface area (Å²) in [5.74, 6) is -0.239. The van der Waals surface area contributed by atoms with E-state index >= 15 is 0 Å². The van der Waals surface area contributed by atoms with E-state index in [4.69, 9.17) is 14.9 Å². The van der Waals surface area contributed by atoms with Crippen LogP contribution in [0.1, 0.15) is 36.4 Å². The number of nitrogens with zero attached hydrogens (tertiary/aromatic N) is 2. The van der Waals surface area contributed by atoms with Crippen LogP contribution in [0, 0.1) is 5.92 Å². The fourth-order valence-corrected chi connectivity index (χ4v) is 3.37. The number of ketones is 1. The molecular weight excluding hydrogens is 426 g/mol. The van der Waals surface area contributed by atoms with Gasteiger partial charge in [-0.2, -0.15) is 0 Å². The maximum atomic E-state index is 12.6. The first-order chi connectivity index (χ1) is 15.7. The average Bonchev–Trinajstić information content (AvgIpc) is 3.27. The Hall–Kier alpha value is -3.88. The Bertz CT molecular complexity index is 1270. The molecule has 3 rings (SSSR count). The van der Waals surface area contributed by atoms with Crippen LogP contribution in [0.15, 0.2) is 56.5 Å². The third kappa shape index (κ3) is 5.49. The normalized spacial score (nSPS) is 11.0. The largest absolute Gasteiger partial charge is 0.461 e. The molecule has 0 aliphatic rings. The van der Waals surface area contributed by atoms with Crippen molar-refractivity contribution in [1.29, 1.82) is 0 Å². The zero-order valence-electron chi connectivity index (χ0n) is 18.9. The van der Waals surface area contributed by atoms with Crippen LogP contribution in [-0.2, 0) is 29.5 Å². The zero-order chi connectivity index (χ0) is 24.1. The summed E-state index contributed by atoms with van der Waals surface area (Å²) >= 11 is 0. The van der Waals surface area contributed by atoms with Gasteiger partial charge >= 0.3 is 11.7 Å². The van der Waals surface area contributed by atoms with E-state index in [9.17, 15) is 19.2 Å². The van der Waals surface area contributed by atoms with Crippen LogP contribution in [0.2, 0.25) is 0 Å². The molecule has 3 aromatic rings. The first-order valence-corrected chi connectivity index (χ1v) is 10.6. The molecule has 2 heterocycles. The molecule has 9 heteroatoms. The third-order valence-corrected chi connectivity index (χ3v) is 5.07. The lowest BCUT2D eigenvalue weighted by atomic mass is 10.1. The Kier molecular flexibility index (Phi) is 7.32. The molecule has 0 spiro atoms. The number of hydrogen-bond acceptors (Lipinski definition) is 7. The molecular formula is C24H27N3O6. The minimum Gasteiger partial charge on any atom is -0.461 e. The Morgan fingerprint density at radius 2 is 1.79 bits per heavy atom. The number of furan rings is 1. The highest BCUT2D eigenvalue weighted by Crippen LogP contribution is 2.22. The minimum atomic E-state index is -0.817. The molecule has 2 aromatic heterocycles. The first kappa shape index (κ1) is 23.8. The molecule has 2 N–H and O–H groups in total. The number of nitrogens with two attached hydrogens (primary N) is 1. The number of benzene rings is 1. The van der Waals surface area contributed by atoms with Crippen molar-refractivity contribution in [2.24, 2.45) is 13.0 Å². The molecule has 0 saturated carbocycles. The number of nitrogen functional groups attached to an aromatic ring is 1. The van der Waals surface area contributed by atoms with E-state index in [1.54, 1.807) is 6.07 Å². The topological polar surface area (TPSA) is 127 Å². The van der Waals surface area contributed by atoms with Crippen LogP contribution < -0.4 is 17.0 Å². The molecule has 0 radical (unpaired) electrons. The van der Waals surface area contributed by atoms with E-state index in [0.717, 1.165) is 10.1 Å². The maximum absolute atomic E-state index is 12.6. The quantitative estimate of drug-likeness (QED) is 0.389. The summed E-state index contributed by atoms with van der Waals surface area (Å²) in [7, 11) is 1.27. The molecule has 0 atom stereocenters. The fraction of sp³-hybridized carbons (Fsp3) is 0.333. The molecule has 0 saturated heterocycles. The average molecular weight is 453 g/mol. The van der Waals surface area contributed by atoms with Crippen molar-refractivity contribution in [3.63, 3.8) is 0 Å². The molecule has 174 valence electrons. The second-order valence-corrected chi connectivity index (χ2v) is 8.13. The molecule has 9 nitrogen and oxygen atoms in total. The van der Waals surface area contributed by atoms with Crippen molar-refractivity contribution in [2.45, 2.75) is 33.2 Å². The van der Waals surface area contributed by atoms with Gasteiger partial charge in [0, 0.05) is 25.6 Å². The lowest BCUT2D eigenvalue weighted by molar-refractivity contribution is -0.142. The van der Waals surface area contributed by atoms with Gasteiger partial charge in [0.1, 0.15) is 22.9 Å². The highest BCUT2D eigenvalue weighted by Gasteiger charge is 2.23. The molecule has 33 heavy (non-hydrogen) atoms. The van der Waals surface area contributed by atoms with E-state index in [1.165, 1.54) is 11.6 Å². The highest BCUT2D eigenvalue weighted by atomic mass is 16.5. The molecule has 0 bridgehead atoms. The van der Waals surface area contributed by atoms with Crippen molar-refractivity contribution in [1.82, 2.24) is 9.13 Å².